The molecule has 1 saturated heterocycles. The number of aliphatic hydroxyl groups is 2. The van der Waals surface area contributed by atoms with E-state index in [-0.39, 0.29) is 12.4 Å². The summed E-state index contributed by atoms with van der Waals surface area (Å²) < 4.78 is 7.32. The first kappa shape index (κ1) is 18.8. The molecule has 1 aliphatic heterocycles. The molecule has 3 rings (SSSR count). The molecule has 0 saturated carbocycles. The summed E-state index contributed by atoms with van der Waals surface area (Å²) in [7, 11) is 1.77. The fraction of sp³-hybridized carbons (Fsp3) is 0.643. The van der Waals surface area contributed by atoms with Crippen molar-refractivity contribution in [1.82, 2.24) is 30.0 Å². The Balaban J connectivity index is 1.65. The van der Waals surface area contributed by atoms with Crippen molar-refractivity contribution in [3.8, 4) is 0 Å². The second-order valence-corrected chi connectivity index (χ2v) is 6.08. The number of fused-ring (bicyclic) bond motifs is 1. The second kappa shape index (κ2) is 8.18. The van der Waals surface area contributed by atoms with Crippen LogP contribution < -0.4 is 17.0 Å². The van der Waals surface area contributed by atoms with Crippen LogP contribution in [-0.2, 0) is 9.57 Å². The fourth-order valence-electron chi connectivity index (χ4n) is 2.82. The largest absolute Gasteiger partial charge is 0.387 e. The molecule has 0 amide bonds. The molecular formula is C14H24N8O4. The third-order valence-electron chi connectivity index (χ3n) is 4.25. The van der Waals surface area contributed by atoms with Gasteiger partial charge in [-0.1, -0.05) is 0 Å². The number of rotatable bonds is 8. The van der Waals surface area contributed by atoms with Crippen molar-refractivity contribution in [1.29, 1.82) is 0 Å². The van der Waals surface area contributed by atoms with Gasteiger partial charge >= 0.3 is 0 Å². The van der Waals surface area contributed by atoms with Gasteiger partial charge in [0.2, 0.25) is 0 Å². The number of imidazole rings is 1. The molecule has 144 valence electrons. The maximum absolute atomic E-state index is 10.4. The second-order valence-electron chi connectivity index (χ2n) is 6.08. The number of anilines is 1. The number of ether oxygens (including phenoxy) is 1. The summed E-state index contributed by atoms with van der Waals surface area (Å²) in [4.78, 5) is 17.7. The van der Waals surface area contributed by atoms with E-state index in [0.29, 0.717) is 24.3 Å². The van der Waals surface area contributed by atoms with Crippen molar-refractivity contribution in [2.75, 3.05) is 32.5 Å². The zero-order valence-electron chi connectivity index (χ0n) is 14.4. The quantitative estimate of drug-likeness (QED) is 0.194. The summed E-state index contributed by atoms with van der Waals surface area (Å²) in [6.07, 6.45) is -0.287. The first-order chi connectivity index (χ1) is 12.5. The van der Waals surface area contributed by atoms with Gasteiger partial charge in [-0.05, 0) is 6.42 Å². The Kier molecular flexibility index (Phi) is 5.93. The molecule has 0 bridgehead atoms. The van der Waals surface area contributed by atoms with Crippen LogP contribution in [0.2, 0.25) is 0 Å². The molecule has 0 spiro atoms. The van der Waals surface area contributed by atoms with Crippen molar-refractivity contribution >= 4 is 17.0 Å². The molecule has 0 unspecified atom stereocenters. The molecule has 2 aromatic rings. The first-order valence-corrected chi connectivity index (χ1v) is 8.25. The lowest BCUT2D eigenvalue weighted by Gasteiger charge is -2.20. The molecule has 4 atom stereocenters. The maximum atomic E-state index is 10.4. The lowest BCUT2D eigenvalue weighted by atomic mass is 10.1. The van der Waals surface area contributed by atoms with Gasteiger partial charge in [-0.3, -0.25) is 20.7 Å². The highest BCUT2D eigenvalue weighted by atomic mass is 16.7. The number of hydrazine groups is 1. The molecule has 0 radical (unpaired) electrons. The summed E-state index contributed by atoms with van der Waals surface area (Å²) >= 11 is 0. The van der Waals surface area contributed by atoms with Crippen molar-refractivity contribution in [2.45, 2.75) is 31.0 Å². The van der Waals surface area contributed by atoms with Crippen molar-refractivity contribution < 1.29 is 19.8 Å². The van der Waals surface area contributed by atoms with Crippen LogP contribution in [0.25, 0.3) is 11.2 Å². The van der Waals surface area contributed by atoms with Gasteiger partial charge in [-0.2, -0.15) is 5.06 Å². The minimum atomic E-state index is -1.16. The average molecular weight is 368 g/mol. The SMILES string of the molecule is CN(CCCNN)OC[C@H]1O[C@@H](n2cnc3c(N)ncnc32)[C@H](O)[C@@H]1O. The van der Waals surface area contributed by atoms with E-state index >= 15 is 0 Å². The van der Waals surface area contributed by atoms with Crippen LogP contribution in [0.1, 0.15) is 12.6 Å². The molecule has 0 aliphatic carbocycles. The Labute approximate surface area is 149 Å². The first-order valence-electron chi connectivity index (χ1n) is 8.25. The Morgan fingerprint density at radius 1 is 1.35 bits per heavy atom. The Morgan fingerprint density at radius 3 is 2.92 bits per heavy atom. The van der Waals surface area contributed by atoms with Crippen LogP contribution >= 0.6 is 0 Å². The standard InChI is InChI=1S/C14H24N8O4/c1-21(4-2-3-20-16)25-5-8-10(23)11(24)14(26-8)22-7-19-9-12(15)17-6-18-13(9)22/h6-8,10-11,14,20,23-24H,2-5,16H2,1H3,(H2,15,17,18)/t8-,10-,11-,14-/m1/s1. The molecule has 26 heavy (non-hydrogen) atoms. The van der Waals surface area contributed by atoms with Crippen molar-refractivity contribution in [3.63, 3.8) is 0 Å². The Bertz CT molecular complexity index is 728. The molecule has 1 aliphatic rings. The number of hydroxylamine groups is 2. The van der Waals surface area contributed by atoms with E-state index in [1.165, 1.54) is 17.2 Å². The van der Waals surface area contributed by atoms with Crippen LogP contribution in [0.5, 0.6) is 0 Å². The van der Waals surface area contributed by atoms with Gasteiger partial charge in [0.25, 0.3) is 0 Å². The monoisotopic (exact) mass is 368 g/mol. The number of aromatic nitrogens is 4. The minimum absolute atomic E-state index is 0.0883. The lowest BCUT2D eigenvalue weighted by molar-refractivity contribution is -0.179. The zero-order chi connectivity index (χ0) is 18.7. The van der Waals surface area contributed by atoms with Gasteiger partial charge in [0.15, 0.2) is 17.7 Å². The normalized spacial score (nSPS) is 26.2. The zero-order valence-corrected chi connectivity index (χ0v) is 14.4. The van der Waals surface area contributed by atoms with Crippen LogP contribution in [0.3, 0.4) is 0 Å². The topological polar surface area (TPSA) is 170 Å². The van der Waals surface area contributed by atoms with Gasteiger partial charge in [-0.25, -0.2) is 15.0 Å². The molecular weight excluding hydrogens is 344 g/mol. The summed E-state index contributed by atoms with van der Waals surface area (Å²) in [5.74, 6) is 5.45. The van der Waals surface area contributed by atoms with E-state index in [1.54, 1.807) is 12.1 Å². The van der Waals surface area contributed by atoms with E-state index < -0.39 is 24.5 Å². The molecule has 12 nitrogen and oxygen atoms in total. The predicted molar refractivity (Wildman–Crippen MR) is 91.0 cm³/mol. The van der Waals surface area contributed by atoms with Gasteiger partial charge in [-0.15, -0.1) is 0 Å². The molecule has 12 heteroatoms. The summed E-state index contributed by atoms with van der Waals surface area (Å²) in [5.41, 5.74) is 9.16. The van der Waals surface area contributed by atoms with Crippen molar-refractivity contribution in [2.24, 2.45) is 5.84 Å². The number of aliphatic hydroxyl groups excluding tert-OH is 2. The average Bonchev–Trinajstić information content (AvgIpc) is 3.17. The van der Waals surface area contributed by atoms with E-state index in [0.717, 1.165) is 6.42 Å². The minimum Gasteiger partial charge on any atom is -0.387 e. The molecule has 3 heterocycles. The third kappa shape index (κ3) is 3.76. The molecule has 1 fully saturated rings. The number of hydrogen-bond acceptors (Lipinski definition) is 11. The number of nitrogens with two attached hydrogens (primary N) is 2. The number of nitrogens with one attached hydrogen (secondary N) is 1. The van der Waals surface area contributed by atoms with E-state index in [1.807, 2.05) is 0 Å². The van der Waals surface area contributed by atoms with Crippen molar-refractivity contribution in [3.05, 3.63) is 12.7 Å². The number of nitrogen functional groups attached to an aromatic ring is 1. The third-order valence-corrected chi connectivity index (χ3v) is 4.25. The van der Waals surface area contributed by atoms with E-state index in [2.05, 4.69) is 20.4 Å². The maximum Gasteiger partial charge on any atom is 0.167 e. The van der Waals surface area contributed by atoms with Gasteiger partial charge in [0.1, 0.15) is 30.2 Å². The fourth-order valence-corrected chi connectivity index (χ4v) is 2.82. The highest BCUT2D eigenvalue weighted by Gasteiger charge is 2.44. The predicted octanol–water partition coefficient (Wildman–Crippen LogP) is -2.26. The smallest absolute Gasteiger partial charge is 0.167 e. The lowest BCUT2D eigenvalue weighted by Crippen LogP contribution is -2.36. The van der Waals surface area contributed by atoms with Crippen LogP contribution in [-0.4, -0.2) is 79.9 Å². The molecule has 7 N–H and O–H groups in total. The molecule has 0 aromatic carbocycles. The Hall–Kier alpha value is -1.93. The summed E-state index contributed by atoms with van der Waals surface area (Å²) in [5, 5.41) is 22.3. The van der Waals surface area contributed by atoms with E-state index in [4.69, 9.17) is 21.2 Å². The number of hydrogen-bond donors (Lipinski definition) is 5. The van der Waals surface area contributed by atoms with E-state index in [9.17, 15) is 10.2 Å². The van der Waals surface area contributed by atoms with Crippen LogP contribution in [0.15, 0.2) is 12.7 Å². The van der Waals surface area contributed by atoms with Crippen LogP contribution in [0.4, 0.5) is 5.82 Å². The van der Waals surface area contributed by atoms with Gasteiger partial charge in [0.05, 0.1) is 12.9 Å². The molecule has 2 aromatic heterocycles. The highest BCUT2D eigenvalue weighted by molar-refractivity contribution is 5.81. The number of nitrogens with zero attached hydrogens (tertiary/aromatic N) is 5. The summed E-state index contributed by atoms with van der Waals surface area (Å²) in [6, 6.07) is 0. The highest BCUT2D eigenvalue weighted by Crippen LogP contribution is 2.32. The summed E-state index contributed by atoms with van der Waals surface area (Å²) in [6.45, 7) is 1.40. The van der Waals surface area contributed by atoms with Gasteiger partial charge < -0.3 is 20.7 Å². The Morgan fingerprint density at radius 2 is 2.15 bits per heavy atom. The van der Waals surface area contributed by atoms with Gasteiger partial charge in [0, 0.05) is 20.1 Å². The van der Waals surface area contributed by atoms with Crippen LogP contribution in [0, 0.1) is 0 Å².